The molecule has 1 saturated carbocycles. The lowest BCUT2D eigenvalue weighted by Gasteiger charge is -2.21. The quantitative estimate of drug-likeness (QED) is 0.866. The largest absolute Gasteiger partial charge is 0.479 e. The average Bonchev–Trinajstić information content (AvgIpc) is 3.08. The van der Waals surface area contributed by atoms with E-state index < -0.39 is 29.2 Å². The Bertz CT molecular complexity index is 483. The lowest BCUT2D eigenvalue weighted by atomic mass is 9.91. The number of aliphatic hydroxyl groups is 1. The van der Waals surface area contributed by atoms with E-state index in [1.807, 2.05) is 0 Å². The van der Waals surface area contributed by atoms with E-state index >= 15 is 0 Å². The Morgan fingerprint density at radius 2 is 2.06 bits per heavy atom. The monoisotopic (exact) mass is 261 g/mol. The molecule has 4 nitrogen and oxygen atoms in total. The maximum Gasteiger partial charge on any atom is 0.418 e. The van der Waals surface area contributed by atoms with Gasteiger partial charge in [-0.05, 0) is 25.0 Å². The topological polar surface area (TPSA) is 70.4 Å². The normalized spacial score (nSPS) is 19.3. The molecule has 18 heavy (non-hydrogen) atoms. The number of nitrogens with zero attached hydrogens (tertiary/aromatic N) is 1. The van der Waals surface area contributed by atoms with Gasteiger partial charge in [-0.3, -0.25) is 4.98 Å². The van der Waals surface area contributed by atoms with Gasteiger partial charge in [0, 0.05) is 6.20 Å². The van der Waals surface area contributed by atoms with Gasteiger partial charge in [-0.2, -0.15) is 13.2 Å². The van der Waals surface area contributed by atoms with Crippen LogP contribution in [0.3, 0.4) is 0 Å². The second kappa shape index (κ2) is 3.94. The third kappa shape index (κ3) is 1.94. The standard InChI is InChI=1S/C11H10F3NO3/c12-11(13,14)6-2-1-5-15-7(6)10(3-4-10)8(16)9(17)18/h1-2,5,8,16H,3-4H2,(H,17,18). The van der Waals surface area contributed by atoms with Gasteiger partial charge in [0.15, 0.2) is 6.10 Å². The molecule has 2 rings (SSSR count). The minimum absolute atomic E-state index is 0.181. The molecule has 0 radical (unpaired) electrons. The molecule has 1 aliphatic rings. The number of carboxylic acid groups (broad SMARTS) is 1. The van der Waals surface area contributed by atoms with E-state index in [1.54, 1.807) is 0 Å². The number of pyridine rings is 1. The van der Waals surface area contributed by atoms with Gasteiger partial charge >= 0.3 is 12.1 Å². The van der Waals surface area contributed by atoms with Crippen LogP contribution in [0.1, 0.15) is 24.1 Å². The SMILES string of the molecule is O=C(O)C(O)C1(c2ncccc2C(F)(F)F)CC1. The first-order chi connectivity index (χ1) is 8.29. The Morgan fingerprint density at radius 3 is 2.50 bits per heavy atom. The molecule has 1 fully saturated rings. The molecule has 98 valence electrons. The number of alkyl halides is 3. The molecular weight excluding hydrogens is 251 g/mol. The van der Waals surface area contributed by atoms with Crippen molar-refractivity contribution >= 4 is 5.97 Å². The third-order valence-corrected chi connectivity index (χ3v) is 3.13. The van der Waals surface area contributed by atoms with E-state index in [1.165, 1.54) is 6.20 Å². The van der Waals surface area contributed by atoms with Crippen LogP contribution >= 0.6 is 0 Å². The molecule has 1 aromatic heterocycles. The minimum Gasteiger partial charge on any atom is -0.479 e. The molecule has 7 heteroatoms. The first kappa shape index (κ1) is 12.8. The van der Waals surface area contributed by atoms with Crippen LogP contribution in [-0.2, 0) is 16.4 Å². The first-order valence-corrected chi connectivity index (χ1v) is 5.22. The molecule has 1 aliphatic carbocycles. The number of aliphatic carboxylic acids is 1. The summed E-state index contributed by atoms with van der Waals surface area (Å²) in [7, 11) is 0. The van der Waals surface area contributed by atoms with Crippen molar-refractivity contribution in [3.8, 4) is 0 Å². The summed E-state index contributed by atoms with van der Waals surface area (Å²) in [5.41, 5.74) is -2.77. The summed E-state index contributed by atoms with van der Waals surface area (Å²) in [6, 6.07) is 1.98. The van der Waals surface area contributed by atoms with Gasteiger partial charge in [0.1, 0.15) is 0 Å². The van der Waals surface area contributed by atoms with Crippen molar-refractivity contribution < 1.29 is 28.2 Å². The Hall–Kier alpha value is -1.63. The molecule has 1 aromatic rings. The molecule has 0 aliphatic heterocycles. The fraction of sp³-hybridized carbons (Fsp3) is 0.455. The van der Waals surface area contributed by atoms with Crippen molar-refractivity contribution in [3.63, 3.8) is 0 Å². The molecule has 0 spiro atoms. The number of hydrogen-bond acceptors (Lipinski definition) is 3. The second-order valence-corrected chi connectivity index (χ2v) is 4.29. The van der Waals surface area contributed by atoms with E-state index in [4.69, 9.17) is 5.11 Å². The van der Waals surface area contributed by atoms with Gasteiger partial charge < -0.3 is 10.2 Å². The molecule has 0 aromatic carbocycles. The van der Waals surface area contributed by atoms with E-state index in [9.17, 15) is 23.1 Å². The van der Waals surface area contributed by atoms with E-state index in [-0.39, 0.29) is 18.5 Å². The number of rotatable bonds is 3. The predicted molar refractivity (Wildman–Crippen MR) is 53.8 cm³/mol. The molecule has 1 heterocycles. The smallest absolute Gasteiger partial charge is 0.418 e. The van der Waals surface area contributed by atoms with Crippen molar-refractivity contribution in [2.75, 3.05) is 0 Å². The van der Waals surface area contributed by atoms with Crippen molar-refractivity contribution in [2.45, 2.75) is 30.5 Å². The maximum absolute atomic E-state index is 12.8. The van der Waals surface area contributed by atoms with E-state index in [0.29, 0.717) is 0 Å². The first-order valence-electron chi connectivity index (χ1n) is 5.22. The van der Waals surface area contributed by atoms with Gasteiger partial charge in [-0.1, -0.05) is 0 Å². The number of hydrogen-bond donors (Lipinski definition) is 2. The number of carbonyl (C=O) groups is 1. The molecule has 1 atom stereocenters. The molecular formula is C11H10F3NO3. The van der Waals surface area contributed by atoms with Crippen LogP contribution in [0.4, 0.5) is 13.2 Å². The Labute approximate surface area is 100 Å². The summed E-state index contributed by atoms with van der Waals surface area (Å²) in [4.78, 5) is 14.4. The van der Waals surface area contributed by atoms with Crippen LogP contribution in [0.2, 0.25) is 0 Å². The average molecular weight is 261 g/mol. The molecule has 0 saturated heterocycles. The predicted octanol–water partition coefficient (Wildman–Crippen LogP) is 1.58. The van der Waals surface area contributed by atoms with Crippen molar-refractivity contribution in [1.29, 1.82) is 0 Å². The fourth-order valence-corrected chi connectivity index (χ4v) is 2.04. The lowest BCUT2D eigenvalue weighted by molar-refractivity contribution is -0.150. The van der Waals surface area contributed by atoms with Crippen LogP contribution in [-0.4, -0.2) is 27.3 Å². The highest BCUT2D eigenvalue weighted by molar-refractivity contribution is 5.75. The Kier molecular flexibility index (Phi) is 2.81. The molecule has 0 bridgehead atoms. The number of aliphatic hydroxyl groups excluding tert-OH is 1. The zero-order valence-corrected chi connectivity index (χ0v) is 9.11. The summed E-state index contributed by atoms with van der Waals surface area (Å²) in [6.45, 7) is 0. The van der Waals surface area contributed by atoms with Crippen molar-refractivity contribution in [2.24, 2.45) is 0 Å². The fourth-order valence-electron chi connectivity index (χ4n) is 2.04. The molecule has 2 N–H and O–H groups in total. The van der Waals surface area contributed by atoms with E-state index in [0.717, 1.165) is 12.1 Å². The van der Waals surface area contributed by atoms with Gasteiger partial charge in [-0.15, -0.1) is 0 Å². The highest BCUT2D eigenvalue weighted by atomic mass is 19.4. The zero-order valence-electron chi connectivity index (χ0n) is 9.11. The summed E-state index contributed by atoms with van der Waals surface area (Å²) in [5.74, 6) is -1.54. The van der Waals surface area contributed by atoms with Crippen LogP contribution in [0.5, 0.6) is 0 Å². The van der Waals surface area contributed by atoms with Crippen LogP contribution in [0, 0.1) is 0 Å². The molecule has 1 unspecified atom stereocenters. The van der Waals surface area contributed by atoms with Gasteiger partial charge in [0.05, 0.1) is 16.7 Å². The minimum atomic E-state index is -4.61. The van der Waals surface area contributed by atoms with Crippen molar-refractivity contribution in [3.05, 3.63) is 29.6 Å². The van der Waals surface area contributed by atoms with Gasteiger partial charge in [0.2, 0.25) is 0 Å². The number of aromatic nitrogens is 1. The highest BCUT2D eigenvalue weighted by Gasteiger charge is 2.57. The Morgan fingerprint density at radius 1 is 1.44 bits per heavy atom. The van der Waals surface area contributed by atoms with Crippen LogP contribution in [0.25, 0.3) is 0 Å². The summed E-state index contributed by atoms with van der Waals surface area (Å²) in [5, 5.41) is 18.3. The lowest BCUT2D eigenvalue weighted by Crippen LogP contribution is -2.36. The van der Waals surface area contributed by atoms with Crippen molar-refractivity contribution in [1.82, 2.24) is 4.98 Å². The van der Waals surface area contributed by atoms with Gasteiger partial charge in [-0.25, -0.2) is 4.79 Å². The van der Waals surface area contributed by atoms with Gasteiger partial charge in [0.25, 0.3) is 0 Å². The summed E-state index contributed by atoms with van der Waals surface area (Å²) >= 11 is 0. The number of carboxylic acids is 1. The zero-order chi connectivity index (χ0) is 13.6. The van der Waals surface area contributed by atoms with E-state index in [2.05, 4.69) is 4.98 Å². The summed E-state index contributed by atoms with van der Waals surface area (Å²) < 4.78 is 38.4. The maximum atomic E-state index is 12.8. The highest BCUT2D eigenvalue weighted by Crippen LogP contribution is 2.53. The molecule has 0 amide bonds. The van der Waals surface area contributed by atoms with Crippen LogP contribution < -0.4 is 0 Å². The number of halogens is 3. The second-order valence-electron chi connectivity index (χ2n) is 4.29. The van der Waals surface area contributed by atoms with Crippen LogP contribution in [0.15, 0.2) is 18.3 Å². The third-order valence-electron chi connectivity index (χ3n) is 3.13. The Balaban J connectivity index is 2.50. The summed E-state index contributed by atoms with van der Waals surface area (Å²) in [6.07, 6.45) is -4.95.